The van der Waals surface area contributed by atoms with Crippen molar-refractivity contribution in [2.24, 2.45) is 0 Å². The van der Waals surface area contributed by atoms with Crippen LogP contribution < -0.4 is 0 Å². The first-order valence-electron chi connectivity index (χ1n) is 7.65. The molecule has 0 saturated heterocycles. The van der Waals surface area contributed by atoms with E-state index >= 15 is 0 Å². The molecule has 0 fully saturated rings. The minimum atomic E-state index is -0.407. The summed E-state index contributed by atoms with van der Waals surface area (Å²) in [4.78, 5) is 24.3. The van der Waals surface area contributed by atoms with Crippen molar-refractivity contribution in [1.82, 2.24) is 15.0 Å². The third kappa shape index (κ3) is 2.81. The van der Waals surface area contributed by atoms with E-state index in [2.05, 4.69) is 15.0 Å². The van der Waals surface area contributed by atoms with Crippen molar-refractivity contribution >= 4 is 16.6 Å². The van der Waals surface area contributed by atoms with Gasteiger partial charge in [0.1, 0.15) is 5.69 Å². The molecule has 0 aliphatic rings. The molecule has 0 atom stereocenters. The lowest BCUT2D eigenvalue weighted by Gasteiger charge is -2.05. The van der Waals surface area contributed by atoms with Crippen molar-refractivity contribution in [3.05, 3.63) is 83.0 Å². The van der Waals surface area contributed by atoms with Crippen molar-refractivity contribution in [3.8, 4) is 22.8 Å². The molecule has 6 heteroatoms. The van der Waals surface area contributed by atoms with Crippen molar-refractivity contribution < 1.29 is 4.92 Å². The third-order valence-electron chi connectivity index (χ3n) is 3.84. The Morgan fingerprint density at radius 3 is 2.44 bits per heavy atom. The van der Waals surface area contributed by atoms with E-state index in [4.69, 9.17) is 0 Å². The van der Waals surface area contributed by atoms with Crippen molar-refractivity contribution in [2.45, 2.75) is 0 Å². The van der Waals surface area contributed by atoms with E-state index in [1.54, 1.807) is 42.6 Å². The van der Waals surface area contributed by atoms with Gasteiger partial charge in [-0.1, -0.05) is 36.4 Å². The minimum absolute atomic E-state index is 0.0200. The zero-order chi connectivity index (χ0) is 17.2. The van der Waals surface area contributed by atoms with Gasteiger partial charge in [0.2, 0.25) is 0 Å². The molecular weight excluding hydrogens is 316 g/mol. The number of para-hydroxylation sites is 2. The Morgan fingerprint density at radius 1 is 0.800 bits per heavy atom. The maximum atomic E-state index is 11.2. The number of rotatable bonds is 3. The summed E-state index contributed by atoms with van der Waals surface area (Å²) >= 11 is 0. The predicted octanol–water partition coefficient (Wildman–Crippen LogP) is 4.27. The summed E-state index contributed by atoms with van der Waals surface area (Å²) in [5, 5.41) is 12.2. The number of aromatic nitrogens is 3. The second kappa shape index (κ2) is 6.09. The topological polar surface area (TPSA) is 81.8 Å². The van der Waals surface area contributed by atoms with E-state index in [9.17, 15) is 10.1 Å². The molecule has 0 N–H and O–H groups in total. The molecule has 2 aromatic heterocycles. The lowest BCUT2D eigenvalue weighted by atomic mass is 10.1. The van der Waals surface area contributed by atoms with E-state index in [1.807, 2.05) is 24.3 Å². The number of hydrogen-bond acceptors (Lipinski definition) is 5. The van der Waals surface area contributed by atoms with Crippen LogP contribution in [0.1, 0.15) is 0 Å². The largest absolute Gasteiger partial charge is 0.278 e. The van der Waals surface area contributed by atoms with Crippen LogP contribution >= 0.6 is 0 Å². The molecule has 0 radical (unpaired) electrons. The van der Waals surface area contributed by atoms with Crippen LogP contribution in [-0.4, -0.2) is 19.9 Å². The van der Waals surface area contributed by atoms with Crippen LogP contribution in [-0.2, 0) is 0 Å². The number of fused-ring (bicyclic) bond motifs is 1. The van der Waals surface area contributed by atoms with E-state index in [0.29, 0.717) is 22.8 Å². The summed E-state index contributed by atoms with van der Waals surface area (Å²) in [7, 11) is 0. The van der Waals surface area contributed by atoms with Gasteiger partial charge in [-0.3, -0.25) is 10.1 Å². The molecule has 6 nitrogen and oxygen atoms in total. The van der Waals surface area contributed by atoms with Gasteiger partial charge >= 0.3 is 0 Å². The zero-order valence-electron chi connectivity index (χ0n) is 13.0. The minimum Gasteiger partial charge on any atom is -0.258 e. The highest BCUT2D eigenvalue weighted by Crippen LogP contribution is 2.29. The number of benzene rings is 2. The van der Waals surface area contributed by atoms with E-state index in [-0.39, 0.29) is 5.69 Å². The Bertz CT molecular complexity index is 1100. The first-order chi connectivity index (χ1) is 12.2. The van der Waals surface area contributed by atoms with Crippen LogP contribution in [0.2, 0.25) is 0 Å². The number of hydrogen-bond donors (Lipinski definition) is 0. The highest BCUT2D eigenvalue weighted by atomic mass is 16.6. The molecule has 0 bridgehead atoms. The van der Waals surface area contributed by atoms with Crippen molar-refractivity contribution in [1.29, 1.82) is 0 Å². The van der Waals surface area contributed by atoms with Gasteiger partial charge in [-0.05, 0) is 24.3 Å². The number of nitro groups is 1. The standard InChI is InChI=1S/C19H12N4O2/c24-23(25)18-11-4-2-7-14(18)16-9-5-10-17(21-16)19-20-12-13-6-1-3-8-15(13)22-19/h1-12H. The third-order valence-corrected chi connectivity index (χ3v) is 3.84. The summed E-state index contributed by atoms with van der Waals surface area (Å²) in [6.07, 6.45) is 1.75. The van der Waals surface area contributed by atoms with Crippen LogP contribution in [0.5, 0.6) is 0 Å². The highest BCUT2D eigenvalue weighted by molar-refractivity contribution is 5.79. The summed E-state index contributed by atoms with van der Waals surface area (Å²) < 4.78 is 0. The van der Waals surface area contributed by atoms with Crippen LogP contribution in [0.4, 0.5) is 5.69 Å². The normalized spacial score (nSPS) is 10.7. The van der Waals surface area contributed by atoms with Gasteiger partial charge in [0.15, 0.2) is 5.82 Å². The Kier molecular flexibility index (Phi) is 3.63. The molecule has 0 spiro atoms. The molecule has 25 heavy (non-hydrogen) atoms. The molecule has 2 aromatic carbocycles. The fraction of sp³-hybridized carbons (Fsp3) is 0. The summed E-state index contributed by atoms with van der Waals surface area (Å²) in [6, 6.07) is 19.6. The van der Waals surface area contributed by atoms with Crippen LogP contribution in [0.15, 0.2) is 72.9 Å². The fourth-order valence-electron chi connectivity index (χ4n) is 2.65. The first kappa shape index (κ1) is 14.9. The van der Waals surface area contributed by atoms with Gasteiger partial charge in [0.05, 0.1) is 21.7 Å². The van der Waals surface area contributed by atoms with Gasteiger partial charge in [0, 0.05) is 17.6 Å². The Hall–Kier alpha value is -3.67. The average Bonchev–Trinajstić information content (AvgIpc) is 2.67. The molecule has 0 amide bonds. The van der Waals surface area contributed by atoms with Crippen LogP contribution in [0.25, 0.3) is 33.7 Å². The number of nitrogens with zero attached hydrogens (tertiary/aromatic N) is 4. The van der Waals surface area contributed by atoms with Crippen LogP contribution in [0, 0.1) is 10.1 Å². The molecule has 0 saturated carbocycles. The Labute approximate surface area is 143 Å². The summed E-state index contributed by atoms with van der Waals surface area (Å²) in [5.41, 5.74) is 2.40. The highest BCUT2D eigenvalue weighted by Gasteiger charge is 2.16. The number of nitro benzene ring substituents is 1. The smallest absolute Gasteiger partial charge is 0.258 e. The lowest BCUT2D eigenvalue weighted by Crippen LogP contribution is -1.96. The van der Waals surface area contributed by atoms with Crippen molar-refractivity contribution in [2.75, 3.05) is 0 Å². The number of pyridine rings is 1. The second-order valence-corrected chi connectivity index (χ2v) is 5.43. The van der Waals surface area contributed by atoms with Crippen molar-refractivity contribution in [3.63, 3.8) is 0 Å². The molecule has 4 aromatic rings. The molecular formula is C19H12N4O2. The maximum absolute atomic E-state index is 11.2. The van der Waals surface area contributed by atoms with Gasteiger partial charge in [-0.15, -0.1) is 0 Å². The summed E-state index contributed by atoms with van der Waals surface area (Å²) in [6.45, 7) is 0. The predicted molar refractivity (Wildman–Crippen MR) is 94.9 cm³/mol. The van der Waals surface area contributed by atoms with E-state index in [0.717, 1.165) is 10.9 Å². The monoisotopic (exact) mass is 328 g/mol. The van der Waals surface area contributed by atoms with Gasteiger partial charge < -0.3 is 0 Å². The molecule has 0 aliphatic carbocycles. The van der Waals surface area contributed by atoms with E-state index < -0.39 is 4.92 Å². The van der Waals surface area contributed by atoms with Gasteiger partial charge in [-0.25, -0.2) is 15.0 Å². The van der Waals surface area contributed by atoms with E-state index in [1.165, 1.54) is 6.07 Å². The maximum Gasteiger partial charge on any atom is 0.278 e. The average molecular weight is 328 g/mol. The molecule has 0 unspecified atom stereocenters. The quantitative estimate of drug-likeness (QED) is 0.414. The van der Waals surface area contributed by atoms with Crippen LogP contribution in [0.3, 0.4) is 0 Å². The Balaban J connectivity index is 1.83. The molecule has 120 valence electrons. The molecule has 0 aliphatic heterocycles. The van der Waals surface area contributed by atoms with Gasteiger partial charge in [0.25, 0.3) is 5.69 Å². The Morgan fingerprint density at radius 2 is 1.56 bits per heavy atom. The summed E-state index contributed by atoms with van der Waals surface area (Å²) in [5.74, 6) is 0.485. The molecule has 4 rings (SSSR count). The molecule has 2 heterocycles. The second-order valence-electron chi connectivity index (χ2n) is 5.43. The SMILES string of the molecule is O=[N+]([O-])c1ccccc1-c1cccc(-c2ncc3ccccc3n2)n1. The lowest BCUT2D eigenvalue weighted by molar-refractivity contribution is -0.384. The zero-order valence-corrected chi connectivity index (χ0v) is 13.0. The fourth-order valence-corrected chi connectivity index (χ4v) is 2.65. The van der Waals surface area contributed by atoms with Gasteiger partial charge in [-0.2, -0.15) is 0 Å². The first-order valence-corrected chi connectivity index (χ1v) is 7.65.